The highest BCUT2D eigenvalue weighted by molar-refractivity contribution is 14.1. The number of ether oxygens (including phenoxy) is 2. The second kappa shape index (κ2) is 6.64. The zero-order valence-corrected chi connectivity index (χ0v) is 15.7. The average Bonchev–Trinajstić information content (AvgIpc) is 2.50. The molecule has 0 saturated carbocycles. The number of nitrogens with one attached hydrogen (secondary N) is 1. The number of carbonyl (C=O) groups excluding carboxylic acids is 1. The average molecular weight is 495 g/mol. The smallest absolute Gasteiger partial charge is 0.256 e. The molecule has 1 amide bonds. The molecule has 2 aromatic carbocycles. The summed E-state index contributed by atoms with van der Waals surface area (Å²) in [7, 11) is 0. The van der Waals surface area contributed by atoms with Gasteiger partial charge in [-0.25, -0.2) is 0 Å². The Kier molecular flexibility index (Phi) is 4.79. The third-order valence-electron chi connectivity index (χ3n) is 3.05. The number of hydrogen-bond donors (Lipinski definition) is 1. The number of carbonyl (C=O) groups is 1. The molecule has 114 valence electrons. The van der Waals surface area contributed by atoms with E-state index in [9.17, 15) is 4.79 Å². The molecule has 1 aliphatic rings. The molecule has 1 aliphatic heterocycles. The first-order chi connectivity index (χ1) is 10.5. The minimum Gasteiger partial charge on any atom is -0.486 e. The van der Waals surface area contributed by atoms with E-state index in [1.807, 2.05) is 0 Å². The summed E-state index contributed by atoms with van der Waals surface area (Å²) >= 11 is 11.5. The van der Waals surface area contributed by atoms with Gasteiger partial charge in [-0.05, 0) is 56.7 Å². The molecule has 3 rings (SSSR count). The third kappa shape index (κ3) is 3.33. The van der Waals surface area contributed by atoms with Crippen LogP contribution in [0.15, 0.2) is 34.8 Å². The van der Waals surface area contributed by atoms with E-state index < -0.39 is 0 Å². The molecule has 0 unspecified atom stereocenters. The van der Waals surface area contributed by atoms with Crippen molar-refractivity contribution < 1.29 is 14.3 Å². The highest BCUT2D eigenvalue weighted by Gasteiger charge is 2.17. The van der Waals surface area contributed by atoms with Gasteiger partial charge in [0.05, 0.1) is 11.3 Å². The second-order valence-electron chi connectivity index (χ2n) is 4.55. The zero-order valence-electron chi connectivity index (χ0n) is 11.2. The summed E-state index contributed by atoms with van der Waals surface area (Å²) in [4.78, 5) is 12.4. The van der Waals surface area contributed by atoms with E-state index in [1.165, 1.54) is 0 Å². The van der Waals surface area contributed by atoms with Crippen LogP contribution in [-0.4, -0.2) is 19.1 Å². The monoisotopic (exact) mass is 493 g/mol. The van der Waals surface area contributed by atoms with Crippen LogP contribution >= 0.6 is 50.1 Å². The Morgan fingerprint density at radius 3 is 2.59 bits per heavy atom. The Labute approximate surface area is 154 Å². The molecule has 4 nitrogen and oxygen atoms in total. The van der Waals surface area contributed by atoms with E-state index in [0.717, 1.165) is 8.04 Å². The summed E-state index contributed by atoms with van der Waals surface area (Å²) in [6.45, 7) is 1.01. The van der Waals surface area contributed by atoms with Crippen LogP contribution in [0.25, 0.3) is 0 Å². The first-order valence-corrected chi connectivity index (χ1v) is 8.65. The minimum absolute atomic E-state index is 0.232. The van der Waals surface area contributed by atoms with Gasteiger partial charge in [0, 0.05) is 25.2 Å². The lowest BCUT2D eigenvalue weighted by atomic mass is 10.2. The van der Waals surface area contributed by atoms with Crippen LogP contribution in [0, 0.1) is 3.57 Å². The first-order valence-electron chi connectivity index (χ1n) is 6.40. The summed E-state index contributed by atoms with van der Waals surface area (Å²) in [6, 6.07) is 8.72. The van der Waals surface area contributed by atoms with Crippen molar-refractivity contribution in [2.45, 2.75) is 0 Å². The standard InChI is InChI=1S/C15H10BrClINO3/c16-10-6-13-14(22-4-3-21-13)7-12(10)19-15(20)9-5-8(17)1-2-11(9)18/h1-2,5-7H,3-4H2,(H,19,20). The van der Waals surface area contributed by atoms with Crippen LogP contribution in [0.3, 0.4) is 0 Å². The number of halogens is 3. The minimum atomic E-state index is -0.232. The SMILES string of the molecule is O=C(Nc1cc2c(cc1Br)OCCO2)c1cc(Cl)ccc1I. The maximum Gasteiger partial charge on any atom is 0.256 e. The Bertz CT molecular complexity index is 754. The molecule has 0 radical (unpaired) electrons. The van der Waals surface area contributed by atoms with E-state index in [4.69, 9.17) is 21.1 Å². The van der Waals surface area contributed by atoms with E-state index in [1.54, 1.807) is 30.3 Å². The van der Waals surface area contributed by atoms with Gasteiger partial charge < -0.3 is 14.8 Å². The van der Waals surface area contributed by atoms with Gasteiger partial charge in [-0.2, -0.15) is 0 Å². The Balaban J connectivity index is 1.89. The van der Waals surface area contributed by atoms with Crippen molar-refractivity contribution in [3.63, 3.8) is 0 Å². The Morgan fingerprint density at radius 1 is 1.18 bits per heavy atom. The maximum atomic E-state index is 12.4. The van der Waals surface area contributed by atoms with Crippen LogP contribution in [0.2, 0.25) is 5.02 Å². The number of hydrogen-bond acceptors (Lipinski definition) is 3. The van der Waals surface area contributed by atoms with Crippen molar-refractivity contribution >= 4 is 61.7 Å². The van der Waals surface area contributed by atoms with E-state index in [-0.39, 0.29) is 5.91 Å². The Morgan fingerprint density at radius 2 is 1.86 bits per heavy atom. The van der Waals surface area contributed by atoms with Gasteiger partial charge >= 0.3 is 0 Å². The lowest BCUT2D eigenvalue weighted by Crippen LogP contribution is -2.17. The lowest BCUT2D eigenvalue weighted by Gasteiger charge is -2.20. The fourth-order valence-electron chi connectivity index (χ4n) is 2.02. The van der Waals surface area contributed by atoms with Crippen molar-refractivity contribution in [2.75, 3.05) is 18.5 Å². The van der Waals surface area contributed by atoms with E-state index in [2.05, 4.69) is 43.8 Å². The molecule has 0 spiro atoms. The number of anilines is 1. The van der Waals surface area contributed by atoms with Gasteiger partial charge in [0.2, 0.25) is 0 Å². The molecule has 1 N–H and O–H groups in total. The van der Waals surface area contributed by atoms with E-state index >= 15 is 0 Å². The fraction of sp³-hybridized carbons (Fsp3) is 0.133. The lowest BCUT2D eigenvalue weighted by molar-refractivity contribution is 0.102. The van der Waals surface area contributed by atoms with Crippen molar-refractivity contribution in [1.29, 1.82) is 0 Å². The number of benzene rings is 2. The number of fused-ring (bicyclic) bond motifs is 1. The summed E-state index contributed by atoms with van der Waals surface area (Å²) in [5, 5.41) is 3.38. The number of rotatable bonds is 2. The van der Waals surface area contributed by atoms with Crippen LogP contribution < -0.4 is 14.8 Å². The topological polar surface area (TPSA) is 47.6 Å². The largest absolute Gasteiger partial charge is 0.486 e. The molecule has 0 aliphatic carbocycles. The molecule has 0 bridgehead atoms. The highest BCUT2D eigenvalue weighted by atomic mass is 127. The van der Waals surface area contributed by atoms with E-state index in [0.29, 0.717) is 41.0 Å². The van der Waals surface area contributed by atoms with Gasteiger partial charge in [-0.3, -0.25) is 4.79 Å². The molecular formula is C15H10BrClINO3. The first kappa shape index (κ1) is 15.9. The quantitative estimate of drug-likeness (QED) is 0.615. The second-order valence-corrected chi connectivity index (χ2v) is 7.01. The van der Waals surface area contributed by atoms with Gasteiger partial charge in [-0.15, -0.1) is 0 Å². The van der Waals surface area contributed by atoms with Gasteiger partial charge in [0.15, 0.2) is 11.5 Å². The van der Waals surface area contributed by atoms with Gasteiger partial charge in [-0.1, -0.05) is 11.6 Å². The molecule has 0 atom stereocenters. The van der Waals surface area contributed by atoms with Crippen molar-refractivity contribution in [3.05, 3.63) is 49.0 Å². The normalized spacial score (nSPS) is 12.9. The summed E-state index contributed by atoms with van der Waals surface area (Å²) in [6.07, 6.45) is 0. The summed E-state index contributed by atoms with van der Waals surface area (Å²) in [5.74, 6) is 1.04. The molecule has 0 aromatic heterocycles. The fourth-order valence-corrected chi connectivity index (χ4v) is 3.19. The summed E-state index contributed by atoms with van der Waals surface area (Å²) in [5.41, 5.74) is 1.14. The number of amides is 1. The maximum absolute atomic E-state index is 12.4. The van der Waals surface area contributed by atoms with Crippen LogP contribution in [-0.2, 0) is 0 Å². The molecular weight excluding hydrogens is 484 g/mol. The highest BCUT2D eigenvalue weighted by Crippen LogP contribution is 2.38. The molecule has 22 heavy (non-hydrogen) atoms. The van der Waals surface area contributed by atoms with Crippen molar-refractivity contribution in [2.24, 2.45) is 0 Å². The van der Waals surface area contributed by atoms with Crippen LogP contribution in [0.1, 0.15) is 10.4 Å². The van der Waals surface area contributed by atoms with Crippen LogP contribution in [0.5, 0.6) is 11.5 Å². The predicted molar refractivity (Wildman–Crippen MR) is 97.3 cm³/mol. The zero-order chi connectivity index (χ0) is 15.7. The van der Waals surface area contributed by atoms with Crippen molar-refractivity contribution in [3.8, 4) is 11.5 Å². The molecule has 2 aromatic rings. The van der Waals surface area contributed by atoms with Crippen LogP contribution in [0.4, 0.5) is 5.69 Å². The van der Waals surface area contributed by atoms with Gasteiger partial charge in [0.1, 0.15) is 13.2 Å². The Hall–Kier alpha value is -0.990. The molecule has 7 heteroatoms. The molecule has 0 fully saturated rings. The van der Waals surface area contributed by atoms with Gasteiger partial charge in [0.25, 0.3) is 5.91 Å². The molecule has 0 saturated heterocycles. The predicted octanol–water partition coefficient (Wildman–Crippen LogP) is 4.73. The summed E-state index contributed by atoms with van der Waals surface area (Å²) < 4.78 is 12.6. The van der Waals surface area contributed by atoms with Crippen molar-refractivity contribution in [1.82, 2.24) is 0 Å². The third-order valence-corrected chi connectivity index (χ3v) is 4.88. The molecule has 1 heterocycles.